The topological polar surface area (TPSA) is 64.2 Å². The third kappa shape index (κ3) is 3.53. The molecule has 0 saturated carbocycles. The number of hydrogen-bond acceptors (Lipinski definition) is 4. The standard InChI is InChI=1S/C12H15NO2S/c1-9(4-5-14)16-12-3-2-10(8-15)6-11(12)7-13/h2-3,6,9,14-15H,4-5,8H2,1H3. The van der Waals surface area contributed by atoms with E-state index in [4.69, 9.17) is 15.5 Å². The van der Waals surface area contributed by atoms with Crippen molar-refractivity contribution in [3.63, 3.8) is 0 Å². The highest BCUT2D eigenvalue weighted by atomic mass is 32.2. The fourth-order valence-corrected chi connectivity index (χ4v) is 2.36. The molecular formula is C12H15NO2S. The maximum Gasteiger partial charge on any atom is 0.100 e. The smallest absolute Gasteiger partial charge is 0.100 e. The van der Waals surface area contributed by atoms with Gasteiger partial charge >= 0.3 is 0 Å². The van der Waals surface area contributed by atoms with E-state index in [1.54, 1.807) is 17.8 Å². The number of nitrogens with zero attached hydrogens (tertiary/aromatic N) is 1. The van der Waals surface area contributed by atoms with Crippen LogP contribution in [0.25, 0.3) is 0 Å². The molecular weight excluding hydrogens is 222 g/mol. The molecule has 1 aromatic carbocycles. The molecule has 0 aliphatic heterocycles. The monoisotopic (exact) mass is 237 g/mol. The summed E-state index contributed by atoms with van der Waals surface area (Å²) in [7, 11) is 0. The van der Waals surface area contributed by atoms with E-state index in [1.807, 2.05) is 19.1 Å². The average molecular weight is 237 g/mol. The largest absolute Gasteiger partial charge is 0.396 e. The van der Waals surface area contributed by atoms with Crippen LogP contribution in [0.3, 0.4) is 0 Å². The van der Waals surface area contributed by atoms with Gasteiger partial charge in [0.1, 0.15) is 6.07 Å². The predicted octanol–water partition coefficient (Wildman–Crippen LogP) is 1.91. The molecule has 0 aliphatic rings. The van der Waals surface area contributed by atoms with Crippen LogP contribution in [-0.4, -0.2) is 22.1 Å². The molecule has 0 aromatic heterocycles. The summed E-state index contributed by atoms with van der Waals surface area (Å²) in [6.07, 6.45) is 0.706. The first-order chi connectivity index (χ1) is 7.71. The normalized spacial score (nSPS) is 12.1. The molecule has 0 radical (unpaired) electrons. The molecule has 16 heavy (non-hydrogen) atoms. The first-order valence-corrected chi connectivity index (χ1v) is 6.00. The Balaban J connectivity index is 2.84. The van der Waals surface area contributed by atoms with Crippen LogP contribution in [0.1, 0.15) is 24.5 Å². The van der Waals surface area contributed by atoms with Gasteiger partial charge in [0.2, 0.25) is 0 Å². The van der Waals surface area contributed by atoms with Crippen LogP contribution in [-0.2, 0) is 6.61 Å². The maximum absolute atomic E-state index is 8.99. The number of benzene rings is 1. The molecule has 0 spiro atoms. The Morgan fingerprint density at radius 1 is 1.44 bits per heavy atom. The fourth-order valence-electron chi connectivity index (χ4n) is 1.32. The Hall–Kier alpha value is -1.02. The summed E-state index contributed by atoms with van der Waals surface area (Å²) in [4.78, 5) is 0.903. The second-order valence-electron chi connectivity index (χ2n) is 3.54. The molecule has 1 rings (SSSR count). The lowest BCUT2D eigenvalue weighted by Gasteiger charge is -2.11. The van der Waals surface area contributed by atoms with E-state index in [0.717, 1.165) is 10.5 Å². The molecule has 0 amide bonds. The van der Waals surface area contributed by atoms with Gasteiger partial charge in [0.15, 0.2) is 0 Å². The summed E-state index contributed by atoms with van der Waals surface area (Å²) in [5, 5.41) is 27.0. The van der Waals surface area contributed by atoms with Crippen molar-refractivity contribution >= 4 is 11.8 Å². The summed E-state index contributed by atoms with van der Waals surface area (Å²) in [5.74, 6) is 0. The number of rotatable bonds is 5. The first kappa shape index (κ1) is 13.0. The van der Waals surface area contributed by atoms with E-state index < -0.39 is 0 Å². The zero-order valence-corrected chi connectivity index (χ0v) is 10.00. The van der Waals surface area contributed by atoms with Gasteiger partial charge in [-0.05, 0) is 24.1 Å². The molecule has 0 heterocycles. The van der Waals surface area contributed by atoms with Gasteiger partial charge in [0.25, 0.3) is 0 Å². The number of hydrogen-bond donors (Lipinski definition) is 2. The van der Waals surface area contributed by atoms with Crippen LogP contribution in [0.5, 0.6) is 0 Å². The van der Waals surface area contributed by atoms with Crippen LogP contribution < -0.4 is 0 Å². The van der Waals surface area contributed by atoms with Crippen molar-refractivity contribution in [1.82, 2.24) is 0 Å². The summed E-state index contributed by atoms with van der Waals surface area (Å²) in [5.41, 5.74) is 1.33. The molecule has 1 unspecified atom stereocenters. The second kappa shape index (κ2) is 6.54. The van der Waals surface area contributed by atoms with Gasteiger partial charge in [-0.15, -0.1) is 11.8 Å². The van der Waals surface area contributed by atoms with Gasteiger partial charge in [0.05, 0.1) is 12.2 Å². The van der Waals surface area contributed by atoms with E-state index in [9.17, 15) is 0 Å². The molecule has 3 nitrogen and oxygen atoms in total. The predicted molar refractivity (Wildman–Crippen MR) is 64.1 cm³/mol. The van der Waals surface area contributed by atoms with Crippen molar-refractivity contribution in [1.29, 1.82) is 5.26 Å². The quantitative estimate of drug-likeness (QED) is 0.768. The zero-order chi connectivity index (χ0) is 12.0. The van der Waals surface area contributed by atoms with Crippen LogP contribution in [0.15, 0.2) is 23.1 Å². The molecule has 2 N–H and O–H groups in total. The van der Waals surface area contributed by atoms with Gasteiger partial charge in [0, 0.05) is 16.8 Å². The van der Waals surface area contributed by atoms with Crippen LogP contribution in [0, 0.1) is 11.3 Å². The van der Waals surface area contributed by atoms with E-state index in [1.165, 1.54) is 0 Å². The number of aliphatic hydroxyl groups excluding tert-OH is 2. The third-order valence-corrected chi connectivity index (χ3v) is 3.46. The van der Waals surface area contributed by atoms with E-state index in [0.29, 0.717) is 12.0 Å². The number of thioether (sulfide) groups is 1. The molecule has 0 saturated heterocycles. The first-order valence-electron chi connectivity index (χ1n) is 5.12. The second-order valence-corrected chi connectivity index (χ2v) is 5.02. The average Bonchev–Trinajstić information content (AvgIpc) is 2.30. The SMILES string of the molecule is CC(CCO)Sc1ccc(CO)cc1C#N. The van der Waals surface area contributed by atoms with Crippen LogP contribution >= 0.6 is 11.8 Å². The van der Waals surface area contributed by atoms with Gasteiger partial charge in [-0.25, -0.2) is 0 Å². The maximum atomic E-state index is 8.99. The van der Waals surface area contributed by atoms with Gasteiger partial charge < -0.3 is 10.2 Å². The Morgan fingerprint density at radius 2 is 2.19 bits per heavy atom. The van der Waals surface area contributed by atoms with Gasteiger partial charge in [-0.3, -0.25) is 0 Å². The van der Waals surface area contributed by atoms with Crippen molar-refractivity contribution in [2.75, 3.05) is 6.61 Å². The lowest BCUT2D eigenvalue weighted by atomic mass is 10.1. The third-order valence-electron chi connectivity index (χ3n) is 2.21. The van der Waals surface area contributed by atoms with Crippen LogP contribution in [0.4, 0.5) is 0 Å². The molecule has 1 atom stereocenters. The molecule has 0 fully saturated rings. The summed E-state index contributed by atoms with van der Waals surface area (Å²) in [6, 6.07) is 7.49. The van der Waals surface area contributed by atoms with Gasteiger partial charge in [-0.2, -0.15) is 5.26 Å². The van der Waals surface area contributed by atoms with E-state index in [2.05, 4.69) is 6.07 Å². The highest BCUT2D eigenvalue weighted by molar-refractivity contribution is 8.00. The Labute approximate surface area is 99.7 Å². The highest BCUT2D eigenvalue weighted by Gasteiger charge is 2.08. The highest BCUT2D eigenvalue weighted by Crippen LogP contribution is 2.28. The number of nitriles is 1. The van der Waals surface area contributed by atoms with Crippen molar-refractivity contribution in [2.45, 2.75) is 30.1 Å². The molecule has 0 bridgehead atoms. The van der Waals surface area contributed by atoms with E-state index >= 15 is 0 Å². The van der Waals surface area contributed by atoms with Crippen LogP contribution in [0.2, 0.25) is 0 Å². The summed E-state index contributed by atoms with van der Waals surface area (Å²) >= 11 is 1.57. The summed E-state index contributed by atoms with van der Waals surface area (Å²) < 4.78 is 0. The fraction of sp³-hybridized carbons (Fsp3) is 0.417. The Kier molecular flexibility index (Phi) is 5.33. The van der Waals surface area contributed by atoms with E-state index in [-0.39, 0.29) is 18.5 Å². The summed E-state index contributed by atoms with van der Waals surface area (Å²) in [6.45, 7) is 2.12. The minimum Gasteiger partial charge on any atom is -0.396 e. The van der Waals surface area contributed by atoms with Crippen molar-refractivity contribution < 1.29 is 10.2 Å². The zero-order valence-electron chi connectivity index (χ0n) is 9.18. The Bertz CT molecular complexity index is 387. The molecule has 86 valence electrons. The lowest BCUT2D eigenvalue weighted by molar-refractivity contribution is 0.281. The lowest BCUT2D eigenvalue weighted by Crippen LogP contribution is -2.00. The van der Waals surface area contributed by atoms with Crippen molar-refractivity contribution in [3.05, 3.63) is 29.3 Å². The molecule has 0 aliphatic carbocycles. The van der Waals surface area contributed by atoms with Crippen molar-refractivity contribution in [2.24, 2.45) is 0 Å². The Morgan fingerprint density at radius 3 is 2.75 bits per heavy atom. The minimum atomic E-state index is -0.0498. The minimum absolute atomic E-state index is 0.0498. The van der Waals surface area contributed by atoms with Gasteiger partial charge in [-0.1, -0.05) is 13.0 Å². The molecule has 1 aromatic rings. The molecule has 4 heteroatoms. The van der Waals surface area contributed by atoms with Crippen molar-refractivity contribution in [3.8, 4) is 6.07 Å². The number of aliphatic hydroxyl groups is 2.